The first-order valence-electron chi connectivity index (χ1n) is 6.28. The zero-order valence-electron chi connectivity index (χ0n) is 10.8. The third-order valence-electron chi connectivity index (χ3n) is 3.41. The summed E-state index contributed by atoms with van der Waals surface area (Å²) in [6.45, 7) is 4.64. The predicted octanol–water partition coefficient (Wildman–Crippen LogP) is 4.31. The fraction of sp³-hybridized carbons (Fsp3) is 0.500. The molecule has 0 aliphatic heterocycles. The molecule has 2 N–H and O–H groups in total. The normalized spacial score (nSPS) is 21.6. The number of anilines is 1. The molecule has 0 amide bonds. The van der Waals surface area contributed by atoms with Gasteiger partial charge in [-0.1, -0.05) is 29.8 Å². The van der Waals surface area contributed by atoms with Gasteiger partial charge >= 0.3 is 0 Å². The van der Waals surface area contributed by atoms with Crippen LogP contribution in [0.4, 0.5) is 5.69 Å². The van der Waals surface area contributed by atoms with Crippen LogP contribution < -0.4 is 10.6 Å². The third kappa shape index (κ3) is 3.95. The summed E-state index contributed by atoms with van der Waals surface area (Å²) in [5.41, 5.74) is 1.47. The van der Waals surface area contributed by atoms with E-state index in [0.717, 1.165) is 15.3 Å². The molecule has 2 nitrogen and oxygen atoms in total. The first-order valence-corrected chi connectivity index (χ1v) is 7.48. The summed E-state index contributed by atoms with van der Waals surface area (Å²) in [5, 5.41) is 7.35. The van der Waals surface area contributed by atoms with Crippen LogP contribution in [-0.4, -0.2) is 11.2 Å². The Morgan fingerprint density at radius 3 is 2.56 bits per heavy atom. The molecule has 1 aromatic rings. The topological polar surface area (TPSA) is 24.1 Å². The molecule has 1 aromatic carbocycles. The van der Waals surface area contributed by atoms with Crippen molar-refractivity contribution in [2.45, 2.75) is 39.2 Å². The Morgan fingerprint density at radius 1 is 1.33 bits per heavy atom. The molecule has 0 saturated heterocycles. The number of thiocarbonyl (C=S) groups is 1. The van der Waals surface area contributed by atoms with E-state index in [1.807, 2.05) is 24.3 Å². The summed E-state index contributed by atoms with van der Waals surface area (Å²) in [5.74, 6) is 0. The van der Waals surface area contributed by atoms with Gasteiger partial charge in [0.1, 0.15) is 0 Å². The van der Waals surface area contributed by atoms with Crippen molar-refractivity contribution in [3.05, 3.63) is 28.7 Å². The van der Waals surface area contributed by atoms with Gasteiger partial charge in [-0.15, -0.1) is 0 Å². The fourth-order valence-corrected chi connectivity index (χ4v) is 2.99. The zero-order valence-corrected chi connectivity index (χ0v) is 13.2. The second-order valence-corrected chi connectivity index (χ2v) is 7.03. The summed E-state index contributed by atoms with van der Waals surface area (Å²) in [6.07, 6.45) is 3.66. The molecule has 98 valence electrons. The molecule has 0 heterocycles. The van der Waals surface area contributed by atoms with Crippen LogP contribution >= 0.6 is 28.1 Å². The summed E-state index contributed by atoms with van der Waals surface area (Å²) in [4.78, 5) is 0. The average Bonchev–Trinajstić information content (AvgIpc) is 2.61. The molecule has 18 heavy (non-hydrogen) atoms. The number of benzene rings is 1. The fourth-order valence-electron chi connectivity index (χ4n) is 2.45. The van der Waals surface area contributed by atoms with Crippen LogP contribution in [0.15, 0.2) is 28.7 Å². The summed E-state index contributed by atoms with van der Waals surface area (Å²) in [7, 11) is 0. The quantitative estimate of drug-likeness (QED) is 0.792. The minimum Gasteiger partial charge on any atom is -0.360 e. The number of rotatable bonds is 2. The van der Waals surface area contributed by atoms with Gasteiger partial charge in [0.05, 0.1) is 0 Å². The largest absolute Gasteiger partial charge is 0.360 e. The molecule has 1 atom stereocenters. The van der Waals surface area contributed by atoms with E-state index in [2.05, 4.69) is 40.4 Å². The van der Waals surface area contributed by atoms with Gasteiger partial charge in [-0.25, -0.2) is 0 Å². The lowest BCUT2D eigenvalue weighted by atomic mass is 9.92. The number of hydrogen-bond donors (Lipinski definition) is 2. The van der Waals surface area contributed by atoms with Gasteiger partial charge < -0.3 is 10.6 Å². The highest BCUT2D eigenvalue weighted by molar-refractivity contribution is 9.10. The maximum atomic E-state index is 5.35. The Bertz CT molecular complexity index is 428. The first kappa shape index (κ1) is 13.8. The molecule has 0 aromatic heterocycles. The summed E-state index contributed by atoms with van der Waals surface area (Å²) in [6, 6.07) is 8.54. The Labute approximate surface area is 123 Å². The van der Waals surface area contributed by atoms with E-state index in [4.69, 9.17) is 12.2 Å². The maximum Gasteiger partial charge on any atom is 0.170 e. The monoisotopic (exact) mass is 326 g/mol. The van der Waals surface area contributed by atoms with Gasteiger partial charge in [0, 0.05) is 16.2 Å². The van der Waals surface area contributed by atoms with Crippen molar-refractivity contribution < 1.29 is 0 Å². The van der Waals surface area contributed by atoms with E-state index in [1.54, 1.807) is 0 Å². The van der Waals surface area contributed by atoms with Crippen molar-refractivity contribution in [2.24, 2.45) is 5.41 Å². The molecule has 1 saturated carbocycles. The Balaban J connectivity index is 1.84. The van der Waals surface area contributed by atoms with E-state index < -0.39 is 0 Å². The first-order chi connectivity index (χ1) is 8.44. The zero-order chi connectivity index (χ0) is 13.2. The van der Waals surface area contributed by atoms with Crippen LogP contribution in [0.25, 0.3) is 0 Å². The highest BCUT2D eigenvalue weighted by atomic mass is 79.9. The van der Waals surface area contributed by atoms with Gasteiger partial charge in [0.2, 0.25) is 0 Å². The predicted molar refractivity (Wildman–Crippen MR) is 84.9 cm³/mol. The van der Waals surface area contributed by atoms with Gasteiger partial charge in [-0.05, 0) is 61.2 Å². The van der Waals surface area contributed by atoms with Gasteiger partial charge in [-0.3, -0.25) is 0 Å². The Morgan fingerprint density at radius 2 is 2.00 bits per heavy atom. The minimum absolute atomic E-state index is 0.449. The second-order valence-electron chi connectivity index (χ2n) is 5.71. The van der Waals surface area contributed by atoms with Gasteiger partial charge in [-0.2, -0.15) is 0 Å². The Hall–Kier alpha value is -0.610. The highest BCUT2D eigenvalue weighted by Crippen LogP contribution is 2.36. The summed E-state index contributed by atoms with van der Waals surface area (Å²) < 4.78 is 1.07. The van der Waals surface area contributed by atoms with Crippen LogP contribution in [0.1, 0.15) is 33.1 Å². The standard InChI is InChI=1S/C14H19BrN2S/c1-14(2)8-7-12(9-14)17-13(18)16-11-5-3-10(15)4-6-11/h3-6,12H,7-9H2,1-2H3,(H2,16,17,18). The molecule has 0 radical (unpaired) electrons. The van der Waals surface area contributed by atoms with Crippen molar-refractivity contribution in [2.75, 3.05) is 5.32 Å². The second kappa shape index (κ2) is 5.57. The number of halogens is 1. The van der Waals surface area contributed by atoms with Gasteiger partial charge in [0.25, 0.3) is 0 Å². The molecule has 1 unspecified atom stereocenters. The highest BCUT2D eigenvalue weighted by Gasteiger charge is 2.30. The van der Waals surface area contributed by atoms with Crippen LogP contribution in [0.2, 0.25) is 0 Å². The molecular formula is C14H19BrN2S. The van der Waals surface area contributed by atoms with Crippen molar-refractivity contribution in [1.82, 2.24) is 5.32 Å². The van der Waals surface area contributed by atoms with Crippen LogP contribution in [0, 0.1) is 5.41 Å². The molecule has 4 heteroatoms. The smallest absolute Gasteiger partial charge is 0.170 e. The SMILES string of the molecule is CC1(C)CCC(NC(=S)Nc2ccc(Br)cc2)C1. The van der Waals surface area contributed by atoms with Crippen molar-refractivity contribution in [1.29, 1.82) is 0 Å². The summed E-state index contributed by atoms with van der Waals surface area (Å²) >= 11 is 8.77. The molecule has 0 spiro atoms. The van der Waals surface area contributed by atoms with Crippen LogP contribution in [0.5, 0.6) is 0 Å². The molecular weight excluding hydrogens is 308 g/mol. The van der Waals surface area contributed by atoms with Crippen molar-refractivity contribution in [3.8, 4) is 0 Å². The lowest BCUT2D eigenvalue weighted by Crippen LogP contribution is -2.36. The average molecular weight is 327 g/mol. The lowest BCUT2D eigenvalue weighted by molar-refractivity contribution is 0.372. The molecule has 1 aliphatic carbocycles. The minimum atomic E-state index is 0.449. The van der Waals surface area contributed by atoms with E-state index >= 15 is 0 Å². The maximum absolute atomic E-state index is 5.35. The number of hydrogen-bond acceptors (Lipinski definition) is 1. The Kier molecular flexibility index (Phi) is 4.28. The van der Waals surface area contributed by atoms with E-state index in [9.17, 15) is 0 Å². The van der Waals surface area contributed by atoms with E-state index in [-0.39, 0.29) is 0 Å². The van der Waals surface area contributed by atoms with Gasteiger partial charge in [0.15, 0.2) is 5.11 Å². The molecule has 1 fully saturated rings. The lowest BCUT2D eigenvalue weighted by Gasteiger charge is -2.19. The van der Waals surface area contributed by atoms with Crippen LogP contribution in [-0.2, 0) is 0 Å². The van der Waals surface area contributed by atoms with Crippen molar-refractivity contribution >= 4 is 38.9 Å². The van der Waals surface area contributed by atoms with Crippen molar-refractivity contribution in [3.63, 3.8) is 0 Å². The molecule has 2 rings (SSSR count). The third-order valence-corrected chi connectivity index (χ3v) is 4.15. The number of nitrogens with one attached hydrogen (secondary N) is 2. The van der Waals surface area contributed by atoms with E-state index in [0.29, 0.717) is 11.5 Å². The molecule has 1 aliphatic rings. The van der Waals surface area contributed by atoms with Crippen LogP contribution in [0.3, 0.4) is 0 Å². The molecule has 0 bridgehead atoms. The van der Waals surface area contributed by atoms with E-state index in [1.165, 1.54) is 19.3 Å².